The predicted molar refractivity (Wildman–Crippen MR) is 136 cm³/mol. The van der Waals surface area contributed by atoms with Gasteiger partial charge in [-0.25, -0.2) is 0 Å². The maximum absolute atomic E-state index is 13.3. The van der Waals surface area contributed by atoms with E-state index in [1.54, 1.807) is 37.5 Å². The molecule has 1 aromatic heterocycles. The van der Waals surface area contributed by atoms with Gasteiger partial charge >= 0.3 is 0 Å². The highest BCUT2D eigenvalue weighted by Crippen LogP contribution is 2.30. The van der Waals surface area contributed by atoms with E-state index in [0.29, 0.717) is 29.3 Å². The van der Waals surface area contributed by atoms with E-state index in [2.05, 4.69) is 10.6 Å². The van der Waals surface area contributed by atoms with Crippen LogP contribution in [0.15, 0.2) is 72.1 Å². The molecule has 0 aliphatic carbocycles. The number of fused-ring (bicyclic) bond motifs is 1. The average molecular weight is 475 g/mol. The molecule has 0 unspecified atom stereocenters. The number of hydrogen-bond donors (Lipinski definition) is 2. The Bertz CT molecular complexity index is 1320. The van der Waals surface area contributed by atoms with E-state index in [0.717, 1.165) is 21.2 Å². The summed E-state index contributed by atoms with van der Waals surface area (Å²) in [6, 6.07) is 20.7. The first-order valence-corrected chi connectivity index (χ1v) is 11.8. The van der Waals surface area contributed by atoms with Crippen molar-refractivity contribution in [2.24, 2.45) is 0 Å². The zero-order valence-corrected chi connectivity index (χ0v) is 20.1. The highest BCUT2D eigenvalue weighted by atomic mass is 32.1. The molecule has 174 valence electrons. The summed E-state index contributed by atoms with van der Waals surface area (Å²) in [6.07, 6.45) is -0.791. The van der Waals surface area contributed by atoms with Gasteiger partial charge in [-0.15, -0.1) is 11.3 Å². The quantitative estimate of drug-likeness (QED) is 0.351. The van der Waals surface area contributed by atoms with Crippen LogP contribution in [0.1, 0.15) is 27.7 Å². The van der Waals surface area contributed by atoms with E-state index in [-0.39, 0.29) is 11.8 Å². The molecular formula is C27H26N2O4S. The van der Waals surface area contributed by atoms with Crippen molar-refractivity contribution in [2.45, 2.75) is 26.5 Å². The Morgan fingerprint density at radius 1 is 0.971 bits per heavy atom. The number of anilines is 1. The van der Waals surface area contributed by atoms with Crippen LogP contribution in [0.3, 0.4) is 0 Å². The number of aryl methyl sites for hydroxylation is 1. The number of hydrogen-bond acceptors (Lipinski definition) is 5. The molecule has 0 saturated heterocycles. The minimum absolute atomic E-state index is 0.256. The molecule has 0 aliphatic rings. The lowest BCUT2D eigenvalue weighted by Crippen LogP contribution is -2.36. The molecule has 1 heterocycles. The summed E-state index contributed by atoms with van der Waals surface area (Å²) in [4.78, 5) is 27.0. The van der Waals surface area contributed by atoms with Crippen molar-refractivity contribution in [1.82, 2.24) is 5.32 Å². The summed E-state index contributed by atoms with van der Waals surface area (Å²) >= 11 is 1.57. The van der Waals surface area contributed by atoms with Gasteiger partial charge < -0.3 is 20.1 Å². The maximum Gasteiger partial charge on any atom is 0.261 e. The predicted octanol–water partition coefficient (Wildman–Crippen LogP) is 5.55. The molecule has 34 heavy (non-hydrogen) atoms. The second-order valence-electron chi connectivity index (χ2n) is 7.91. The van der Waals surface area contributed by atoms with Gasteiger partial charge in [-0.1, -0.05) is 36.4 Å². The number of benzene rings is 3. The van der Waals surface area contributed by atoms with Crippen LogP contribution >= 0.6 is 11.3 Å². The van der Waals surface area contributed by atoms with Gasteiger partial charge in [0.25, 0.3) is 11.8 Å². The molecule has 2 N–H and O–H groups in total. The lowest BCUT2D eigenvalue weighted by atomic mass is 10.0. The molecule has 0 saturated carbocycles. The van der Waals surface area contributed by atoms with Crippen LogP contribution in [0.4, 0.5) is 5.69 Å². The van der Waals surface area contributed by atoms with Crippen molar-refractivity contribution in [3.05, 3.63) is 88.1 Å². The topological polar surface area (TPSA) is 76.7 Å². The smallest absolute Gasteiger partial charge is 0.261 e. The first kappa shape index (κ1) is 23.3. The highest BCUT2D eigenvalue weighted by molar-refractivity contribution is 7.09. The Hall–Kier alpha value is -3.84. The third kappa shape index (κ3) is 5.38. The minimum Gasteiger partial charge on any atom is -0.495 e. The fraction of sp³-hybridized carbons (Fsp3) is 0.185. The Labute approximate surface area is 202 Å². The van der Waals surface area contributed by atoms with Crippen molar-refractivity contribution in [3.63, 3.8) is 0 Å². The normalized spacial score (nSPS) is 11.6. The number of ether oxygens (including phenoxy) is 2. The molecule has 2 amide bonds. The summed E-state index contributed by atoms with van der Waals surface area (Å²) in [7, 11) is 1.56. The molecule has 1 atom stereocenters. The Kier molecular flexibility index (Phi) is 7.13. The summed E-state index contributed by atoms with van der Waals surface area (Å²) in [5, 5.41) is 9.58. The van der Waals surface area contributed by atoms with Gasteiger partial charge in [0.2, 0.25) is 0 Å². The summed E-state index contributed by atoms with van der Waals surface area (Å²) < 4.78 is 11.4. The van der Waals surface area contributed by atoms with E-state index < -0.39 is 6.10 Å². The van der Waals surface area contributed by atoms with Crippen LogP contribution in [-0.4, -0.2) is 25.0 Å². The van der Waals surface area contributed by atoms with Crippen LogP contribution in [0.5, 0.6) is 11.5 Å². The summed E-state index contributed by atoms with van der Waals surface area (Å²) in [5.41, 5.74) is 1.88. The number of methoxy groups -OCH3 is 1. The number of rotatable bonds is 8. The van der Waals surface area contributed by atoms with Gasteiger partial charge in [-0.3, -0.25) is 9.59 Å². The van der Waals surface area contributed by atoms with E-state index in [1.165, 1.54) is 0 Å². The van der Waals surface area contributed by atoms with Crippen molar-refractivity contribution in [3.8, 4) is 11.5 Å². The molecule has 0 bridgehead atoms. The first-order chi connectivity index (χ1) is 16.4. The van der Waals surface area contributed by atoms with Crippen LogP contribution in [0.25, 0.3) is 10.8 Å². The van der Waals surface area contributed by atoms with Crippen molar-refractivity contribution >= 4 is 39.6 Å². The van der Waals surface area contributed by atoms with Crippen LogP contribution < -0.4 is 20.1 Å². The molecule has 0 radical (unpaired) electrons. The van der Waals surface area contributed by atoms with Crippen LogP contribution in [0, 0.1) is 6.92 Å². The molecule has 3 aromatic carbocycles. The van der Waals surface area contributed by atoms with E-state index in [1.807, 2.05) is 66.9 Å². The largest absolute Gasteiger partial charge is 0.495 e. The molecule has 4 rings (SSSR count). The summed E-state index contributed by atoms with van der Waals surface area (Å²) in [5.74, 6) is 0.286. The third-order valence-electron chi connectivity index (χ3n) is 5.39. The molecule has 6 nitrogen and oxygen atoms in total. The monoisotopic (exact) mass is 474 g/mol. The van der Waals surface area contributed by atoms with E-state index in [9.17, 15) is 9.59 Å². The maximum atomic E-state index is 13.3. The molecule has 0 aliphatic heterocycles. The number of nitrogens with one attached hydrogen (secondary N) is 2. The fourth-order valence-electron chi connectivity index (χ4n) is 3.58. The lowest BCUT2D eigenvalue weighted by Gasteiger charge is -2.18. The van der Waals surface area contributed by atoms with Crippen molar-refractivity contribution < 1.29 is 19.1 Å². The number of thiophene rings is 1. The molecule has 0 spiro atoms. The lowest BCUT2D eigenvalue weighted by molar-refractivity contribution is -0.127. The van der Waals surface area contributed by atoms with Gasteiger partial charge in [0, 0.05) is 4.88 Å². The molecule has 7 heteroatoms. The minimum atomic E-state index is -0.791. The van der Waals surface area contributed by atoms with Crippen molar-refractivity contribution in [2.75, 3.05) is 12.4 Å². The highest BCUT2D eigenvalue weighted by Gasteiger charge is 2.21. The standard InChI is InChI=1S/C27H26N2O4S/c1-17-10-11-24(32-3)23(13-17)29-27(31)22-14-19-7-4-5-8-20(19)15-25(22)33-18(2)26(30)28-16-21-9-6-12-34-21/h4-15,18H,16H2,1-3H3,(H,28,30)(H,29,31)/t18-/m0/s1. The van der Waals surface area contributed by atoms with Gasteiger partial charge in [0.15, 0.2) is 6.10 Å². The third-order valence-corrected chi connectivity index (χ3v) is 6.26. The van der Waals surface area contributed by atoms with Crippen molar-refractivity contribution in [1.29, 1.82) is 0 Å². The first-order valence-electron chi connectivity index (χ1n) is 10.9. The number of carbonyl (C=O) groups excluding carboxylic acids is 2. The summed E-state index contributed by atoms with van der Waals surface area (Å²) in [6.45, 7) is 4.04. The number of amides is 2. The second-order valence-corrected chi connectivity index (χ2v) is 8.94. The Morgan fingerprint density at radius 2 is 1.74 bits per heavy atom. The van der Waals surface area contributed by atoms with E-state index in [4.69, 9.17) is 9.47 Å². The van der Waals surface area contributed by atoms with E-state index >= 15 is 0 Å². The Morgan fingerprint density at radius 3 is 2.44 bits per heavy atom. The van der Waals surface area contributed by atoms with Gasteiger partial charge in [-0.05, 0) is 65.9 Å². The average Bonchev–Trinajstić information content (AvgIpc) is 3.36. The fourth-order valence-corrected chi connectivity index (χ4v) is 4.22. The number of carbonyl (C=O) groups is 2. The zero-order valence-electron chi connectivity index (χ0n) is 19.3. The zero-order chi connectivity index (χ0) is 24.1. The molecule has 0 fully saturated rings. The Balaban J connectivity index is 1.60. The molecule has 4 aromatic rings. The molecular weight excluding hydrogens is 448 g/mol. The SMILES string of the molecule is COc1ccc(C)cc1NC(=O)c1cc2ccccc2cc1O[C@@H](C)C(=O)NCc1cccs1. The van der Waals surface area contributed by atoms with Gasteiger partial charge in [0.1, 0.15) is 11.5 Å². The van der Waals surface area contributed by atoms with Crippen LogP contribution in [0.2, 0.25) is 0 Å². The van der Waals surface area contributed by atoms with Crippen LogP contribution in [-0.2, 0) is 11.3 Å². The van der Waals surface area contributed by atoms with Gasteiger partial charge in [-0.2, -0.15) is 0 Å². The van der Waals surface area contributed by atoms with Gasteiger partial charge in [0.05, 0.1) is 24.9 Å². The second kappa shape index (κ2) is 10.4.